The first-order valence-corrected chi connectivity index (χ1v) is 8.76. The number of aromatic nitrogens is 5. The summed E-state index contributed by atoms with van der Waals surface area (Å²) in [6.45, 7) is 3.65. The first-order chi connectivity index (χ1) is 13.6. The number of anilines is 3. The Morgan fingerprint density at radius 3 is 2.38 bits per heavy atom. The van der Waals surface area contributed by atoms with Crippen molar-refractivity contribution in [2.24, 2.45) is 0 Å². The molecule has 0 unspecified atom stereocenters. The highest BCUT2D eigenvalue weighted by molar-refractivity contribution is 6.30. The molecule has 2 N–H and O–H groups in total. The van der Waals surface area contributed by atoms with E-state index in [-0.39, 0.29) is 17.5 Å². The van der Waals surface area contributed by atoms with Crippen LogP contribution in [0.15, 0.2) is 30.7 Å². The zero-order chi connectivity index (χ0) is 21.2. The lowest BCUT2D eigenvalue weighted by molar-refractivity contribution is -0.114. The summed E-state index contributed by atoms with van der Waals surface area (Å²) in [5, 5.41) is 5.88. The van der Waals surface area contributed by atoms with Crippen LogP contribution < -0.4 is 10.6 Å². The second-order valence-electron chi connectivity index (χ2n) is 6.25. The predicted molar refractivity (Wildman–Crippen MR) is 104 cm³/mol. The van der Waals surface area contributed by atoms with Crippen LogP contribution in [0.5, 0.6) is 0 Å². The molecule has 0 aliphatic rings. The summed E-state index contributed by atoms with van der Waals surface area (Å²) in [6, 6.07) is 3.04. The third-order valence-electron chi connectivity index (χ3n) is 3.58. The van der Waals surface area contributed by atoms with Crippen molar-refractivity contribution < 1.29 is 13.6 Å². The van der Waals surface area contributed by atoms with Gasteiger partial charge in [0, 0.05) is 50.3 Å². The minimum absolute atomic E-state index is 0.143. The van der Waals surface area contributed by atoms with E-state index < -0.39 is 11.7 Å². The van der Waals surface area contributed by atoms with Gasteiger partial charge in [0.15, 0.2) is 5.82 Å². The van der Waals surface area contributed by atoms with Crippen LogP contribution in [0, 0.1) is 6.92 Å². The molecular weight excluding hydrogens is 404 g/mol. The Bertz CT molecular complexity index is 1060. The first-order valence-electron chi connectivity index (χ1n) is 8.38. The molecule has 1 amide bonds. The van der Waals surface area contributed by atoms with Gasteiger partial charge in [-0.15, -0.1) is 0 Å². The Hall–Kier alpha value is -3.27. The zero-order valence-corrected chi connectivity index (χ0v) is 16.4. The summed E-state index contributed by atoms with van der Waals surface area (Å²) >= 11 is 5.84. The number of alkyl halides is 2. The molecule has 150 valence electrons. The Kier molecular flexibility index (Phi) is 5.64. The monoisotopic (exact) mass is 419 g/mol. The van der Waals surface area contributed by atoms with Crippen LogP contribution in [0.4, 0.5) is 26.1 Å². The normalized spacial score (nSPS) is 11.2. The van der Waals surface area contributed by atoms with Gasteiger partial charge in [0.2, 0.25) is 11.7 Å². The minimum atomic E-state index is -3.20. The molecule has 0 aromatic carbocycles. The molecule has 0 aliphatic heterocycles. The molecule has 29 heavy (non-hydrogen) atoms. The number of carbonyl (C=O) groups is 1. The number of hydrogen-bond donors (Lipinski definition) is 2. The summed E-state index contributed by atoms with van der Waals surface area (Å²) in [4.78, 5) is 31.5. The number of halogens is 3. The van der Waals surface area contributed by atoms with Crippen molar-refractivity contribution >= 4 is 34.8 Å². The Morgan fingerprint density at radius 2 is 1.76 bits per heavy atom. The Balaban J connectivity index is 2.07. The average Bonchev–Trinajstić information content (AvgIpc) is 2.61. The summed E-state index contributed by atoms with van der Waals surface area (Å²) in [6.07, 6.45) is 4.28. The maximum Gasteiger partial charge on any atom is 0.303 e. The van der Waals surface area contributed by atoms with Gasteiger partial charge in [0.25, 0.3) is 0 Å². The van der Waals surface area contributed by atoms with E-state index in [4.69, 9.17) is 11.6 Å². The highest BCUT2D eigenvalue weighted by Gasteiger charge is 2.29. The topological polar surface area (TPSA) is 106 Å². The SMILES string of the molecule is CC(=O)Nc1cc(Nc2cc(C)nc(C(C)(F)F)n2)c(-c2ncc(Cl)cn2)cn1. The van der Waals surface area contributed by atoms with Gasteiger partial charge >= 0.3 is 5.92 Å². The zero-order valence-electron chi connectivity index (χ0n) is 15.7. The van der Waals surface area contributed by atoms with Crippen LogP contribution in [-0.4, -0.2) is 30.8 Å². The van der Waals surface area contributed by atoms with E-state index in [0.29, 0.717) is 27.8 Å². The second-order valence-corrected chi connectivity index (χ2v) is 6.69. The Labute approximate surface area is 169 Å². The molecule has 0 spiro atoms. The van der Waals surface area contributed by atoms with E-state index in [2.05, 4.69) is 35.6 Å². The molecule has 0 radical (unpaired) electrons. The number of hydrogen-bond acceptors (Lipinski definition) is 7. The summed E-state index contributed by atoms with van der Waals surface area (Å²) in [5.41, 5.74) is 1.21. The third kappa shape index (κ3) is 5.17. The lowest BCUT2D eigenvalue weighted by atomic mass is 10.2. The van der Waals surface area contributed by atoms with E-state index in [1.54, 1.807) is 6.92 Å². The van der Waals surface area contributed by atoms with Crippen LogP contribution in [0.3, 0.4) is 0 Å². The molecule has 3 rings (SSSR count). The molecule has 11 heteroatoms. The van der Waals surface area contributed by atoms with Gasteiger partial charge in [-0.1, -0.05) is 11.6 Å². The average molecular weight is 420 g/mol. The second kappa shape index (κ2) is 8.00. The molecule has 0 aliphatic carbocycles. The standard InChI is InChI=1S/C18H16ClF2N7O/c1-9-4-15(28-17(25-9)18(3,20)21)27-13-5-14(26-10(2)29)22-8-12(13)16-23-6-11(19)7-24-16/h4-8H,1-3H3,(H2,22,25,26,27,28,29). The maximum atomic E-state index is 13.7. The minimum Gasteiger partial charge on any atom is -0.339 e. The highest BCUT2D eigenvalue weighted by atomic mass is 35.5. The first kappa shape index (κ1) is 20.5. The number of aryl methyl sites for hydroxylation is 1. The van der Waals surface area contributed by atoms with Gasteiger partial charge in [-0.25, -0.2) is 24.9 Å². The molecule has 3 heterocycles. The number of carbonyl (C=O) groups excluding carboxylic acids is 1. The molecule has 0 saturated carbocycles. The van der Waals surface area contributed by atoms with Crippen LogP contribution in [0.25, 0.3) is 11.4 Å². The van der Waals surface area contributed by atoms with E-state index in [1.807, 2.05) is 0 Å². The molecule has 3 aromatic rings. The fourth-order valence-electron chi connectivity index (χ4n) is 2.40. The Morgan fingerprint density at radius 1 is 1.07 bits per heavy atom. The summed E-state index contributed by atoms with van der Waals surface area (Å²) in [7, 11) is 0. The van der Waals surface area contributed by atoms with Gasteiger partial charge < -0.3 is 10.6 Å². The number of nitrogens with zero attached hydrogens (tertiary/aromatic N) is 5. The summed E-state index contributed by atoms with van der Waals surface area (Å²) in [5.74, 6) is -3.44. The van der Waals surface area contributed by atoms with E-state index in [0.717, 1.165) is 6.92 Å². The fraction of sp³-hybridized carbons (Fsp3) is 0.222. The van der Waals surface area contributed by atoms with Gasteiger partial charge in [-0.3, -0.25) is 4.79 Å². The van der Waals surface area contributed by atoms with E-state index in [9.17, 15) is 13.6 Å². The van der Waals surface area contributed by atoms with Crippen molar-refractivity contribution in [2.45, 2.75) is 26.7 Å². The van der Waals surface area contributed by atoms with Gasteiger partial charge in [0.05, 0.1) is 16.3 Å². The van der Waals surface area contributed by atoms with E-state index in [1.165, 1.54) is 37.6 Å². The van der Waals surface area contributed by atoms with E-state index >= 15 is 0 Å². The van der Waals surface area contributed by atoms with Crippen molar-refractivity contribution in [3.63, 3.8) is 0 Å². The molecular formula is C18H16ClF2N7O. The van der Waals surface area contributed by atoms with Crippen LogP contribution >= 0.6 is 11.6 Å². The van der Waals surface area contributed by atoms with Gasteiger partial charge in [-0.2, -0.15) is 8.78 Å². The third-order valence-corrected chi connectivity index (χ3v) is 3.77. The van der Waals surface area contributed by atoms with Gasteiger partial charge in [-0.05, 0) is 6.92 Å². The number of nitrogens with one attached hydrogen (secondary N) is 2. The maximum absolute atomic E-state index is 13.7. The van der Waals surface area contributed by atoms with Crippen molar-refractivity contribution in [3.05, 3.63) is 47.3 Å². The highest BCUT2D eigenvalue weighted by Crippen LogP contribution is 2.31. The van der Waals surface area contributed by atoms with Crippen molar-refractivity contribution in [3.8, 4) is 11.4 Å². The number of rotatable bonds is 5. The van der Waals surface area contributed by atoms with Crippen molar-refractivity contribution in [2.75, 3.05) is 10.6 Å². The van der Waals surface area contributed by atoms with Crippen LogP contribution in [-0.2, 0) is 10.7 Å². The predicted octanol–water partition coefficient (Wildman–Crippen LogP) is 4.10. The number of pyridine rings is 1. The quantitative estimate of drug-likeness (QED) is 0.641. The summed E-state index contributed by atoms with van der Waals surface area (Å²) < 4.78 is 27.4. The van der Waals surface area contributed by atoms with Crippen molar-refractivity contribution in [1.82, 2.24) is 24.9 Å². The lowest BCUT2D eigenvalue weighted by Crippen LogP contribution is -2.14. The largest absolute Gasteiger partial charge is 0.339 e. The molecule has 0 bridgehead atoms. The molecule has 0 atom stereocenters. The van der Waals surface area contributed by atoms with Crippen LogP contribution in [0.2, 0.25) is 5.02 Å². The molecule has 3 aromatic heterocycles. The van der Waals surface area contributed by atoms with Gasteiger partial charge in [0.1, 0.15) is 11.6 Å². The smallest absolute Gasteiger partial charge is 0.303 e. The van der Waals surface area contributed by atoms with Crippen LogP contribution in [0.1, 0.15) is 25.4 Å². The molecule has 0 fully saturated rings. The van der Waals surface area contributed by atoms with Crippen molar-refractivity contribution in [1.29, 1.82) is 0 Å². The molecule has 0 saturated heterocycles. The number of amides is 1. The lowest BCUT2D eigenvalue weighted by Gasteiger charge is -2.15. The molecule has 8 nitrogen and oxygen atoms in total. The fourth-order valence-corrected chi connectivity index (χ4v) is 2.50.